The van der Waals surface area contributed by atoms with Gasteiger partial charge in [0.15, 0.2) is 5.78 Å². The Balaban J connectivity index is 1.43. The first-order valence-corrected chi connectivity index (χ1v) is 19.1. The van der Waals surface area contributed by atoms with Crippen LogP contribution in [0.25, 0.3) is 10.8 Å². The van der Waals surface area contributed by atoms with E-state index in [0.29, 0.717) is 37.3 Å². The molecular formula is C37H51N3O10S. The summed E-state index contributed by atoms with van der Waals surface area (Å²) in [4.78, 5) is 61.2. The Morgan fingerprint density at radius 2 is 1.82 bits per heavy atom. The fraction of sp³-hybridized carbons (Fsp3) is 0.649. The number of aromatic nitrogens is 1. The van der Waals surface area contributed by atoms with Crippen molar-refractivity contribution in [3.8, 4) is 11.6 Å². The summed E-state index contributed by atoms with van der Waals surface area (Å²) < 4.78 is 50.0. The first-order chi connectivity index (χ1) is 23.8. The lowest BCUT2D eigenvalue weighted by Gasteiger charge is -2.35. The van der Waals surface area contributed by atoms with E-state index in [1.165, 1.54) is 4.90 Å². The number of likely N-dealkylation sites (tertiary alicyclic amines) is 1. The van der Waals surface area contributed by atoms with E-state index >= 15 is 0 Å². The number of nitrogens with one attached hydrogen (secondary N) is 1. The fourth-order valence-corrected chi connectivity index (χ4v) is 8.23. The second kappa shape index (κ2) is 14.3. The summed E-state index contributed by atoms with van der Waals surface area (Å²) in [6.07, 6.45) is 2.25. The molecule has 1 aliphatic heterocycles. The minimum absolute atomic E-state index is 0.0342. The first kappa shape index (κ1) is 38.5. The highest BCUT2D eigenvalue weighted by Gasteiger charge is 2.62. The zero-order valence-electron chi connectivity index (χ0n) is 30.8. The van der Waals surface area contributed by atoms with Crippen LogP contribution in [0.15, 0.2) is 30.5 Å². The molecule has 2 amide bonds. The number of rotatable bonds is 15. The predicted molar refractivity (Wildman–Crippen MR) is 188 cm³/mol. The molecule has 5 atom stereocenters. The number of carbonyl (C=O) groups excluding carboxylic acids is 4. The van der Waals surface area contributed by atoms with Crippen LogP contribution in [0.2, 0.25) is 0 Å². The van der Waals surface area contributed by atoms with Gasteiger partial charge in [-0.05, 0) is 81.0 Å². The number of ether oxygens (including phenoxy) is 3. The summed E-state index contributed by atoms with van der Waals surface area (Å²) in [7, 11) is -2.82. The molecule has 1 saturated heterocycles. The van der Waals surface area contributed by atoms with Gasteiger partial charge >= 0.3 is 16.3 Å². The highest BCUT2D eigenvalue weighted by molar-refractivity contribution is 7.85. The molecule has 14 heteroatoms. The van der Waals surface area contributed by atoms with Crippen molar-refractivity contribution in [1.82, 2.24) is 14.6 Å². The lowest BCUT2D eigenvalue weighted by molar-refractivity contribution is -0.155. The molecule has 2 saturated carbocycles. The molecule has 3 aliphatic rings. The fourth-order valence-electron chi connectivity index (χ4n) is 7.06. The van der Waals surface area contributed by atoms with Gasteiger partial charge in [-0.2, -0.15) is 8.42 Å². The van der Waals surface area contributed by atoms with E-state index in [2.05, 4.69) is 9.71 Å². The Kier molecular flexibility index (Phi) is 10.8. The molecule has 0 bridgehead atoms. The van der Waals surface area contributed by atoms with Crippen molar-refractivity contribution in [3.63, 3.8) is 0 Å². The average Bonchev–Trinajstić information content (AvgIpc) is 3.90. The topological polar surface area (TPSA) is 168 Å². The molecule has 1 aromatic heterocycles. The van der Waals surface area contributed by atoms with Gasteiger partial charge in [-0.1, -0.05) is 34.1 Å². The summed E-state index contributed by atoms with van der Waals surface area (Å²) >= 11 is 0. The number of esters is 1. The third-order valence-corrected chi connectivity index (χ3v) is 11.4. The van der Waals surface area contributed by atoms with Crippen molar-refractivity contribution in [1.29, 1.82) is 0 Å². The molecule has 13 nitrogen and oxygen atoms in total. The van der Waals surface area contributed by atoms with E-state index in [9.17, 15) is 27.6 Å². The van der Waals surface area contributed by atoms with Gasteiger partial charge in [-0.25, -0.2) is 13.9 Å². The van der Waals surface area contributed by atoms with Crippen LogP contribution in [-0.2, 0) is 38.4 Å². The number of ketones is 1. The van der Waals surface area contributed by atoms with Gasteiger partial charge in [-0.15, -0.1) is 0 Å². The lowest BCUT2D eigenvalue weighted by atomic mass is 9.77. The maximum atomic E-state index is 14.5. The van der Waals surface area contributed by atoms with Crippen LogP contribution >= 0.6 is 0 Å². The smallest absolute Gasteiger partial charge is 0.362 e. The van der Waals surface area contributed by atoms with Crippen LogP contribution in [0.4, 0.5) is 0 Å². The van der Waals surface area contributed by atoms with Gasteiger partial charge in [0.1, 0.15) is 11.9 Å². The van der Waals surface area contributed by atoms with E-state index in [1.54, 1.807) is 40.1 Å². The maximum Gasteiger partial charge on any atom is 0.362 e. The molecule has 1 N–H and O–H groups in total. The quantitative estimate of drug-likeness (QED) is 0.248. The zero-order valence-corrected chi connectivity index (χ0v) is 31.6. The third-order valence-electron chi connectivity index (χ3n) is 10.4. The van der Waals surface area contributed by atoms with Gasteiger partial charge in [0, 0.05) is 24.4 Å². The molecule has 2 heterocycles. The minimum atomic E-state index is -4.40. The number of nitrogens with zero attached hydrogens (tertiary/aromatic N) is 2. The van der Waals surface area contributed by atoms with Gasteiger partial charge < -0.3 is 19.1 Å². The Bertz CT molecular complexity index is 1780. The Labute approximate surface area is 300 Å². The second-order valence-electron chi connectivity index (χ2n) is 15.9. The Morgan fingerprint density at radius 3 is 2.41 bits per heavy atom. The van der Waals surface area contributed by atoms with E-state index in [1.807, 2.05) is 45.9 Å². The molecular weight excluding hydrogens is 678 g/mol. The lowest BCUT2D eigenvalue weighted by Crippen LogP contribution is -2.48. The molecule has 0 radical (unpaired) electrons. The summed E-state index contributed by atoms with van der Waals surface area (Å²) in [5.74, 6) is -2.16. The number of pyridine rings is 1. The molecule has 5 rings (SSSR count). The van der Waals surface area contributed by atoms with E-state index in [0.717, 1.165) is 10.8 Å². The van der Waals surface area contributed by atoms with Crippen LogP contribution in [0.5, 0.6) is 11.6 Å². The summed E-state index contributed by atoms with van der Waals surface area (Å²) in [5, 5.41) is 1.55. The summed E-state index contributed by atoms with van der Waals surface area (Å²) in [6.45, 7) is 12.6. The van der Waals surface area contributed by atoms with Gasteiger partial charge in [0.05, 0.1) is 49.2 Å². The van der Waals surface area contributed by atoms with E-state index in [4.69, 9.17) is 18.4 Å². The van der Waals surface area contributed by atoms with E-state index in [-0.39, 0.29) is 43.6 Å². The average molecular weight is 730 g/mol. The van der Waals surface area contributed by atoms with Crippen LogP contribution in [0.3, 0.4) is 0 Å². The van der Waals surface area contributed by atoms with Crippen LogP contribution < -0.4 is 14.2 Å². The molecule has 2 aliphatic carbocycles. The molecule has 0 unspecified atom stereocenters. The van der Waals surface area contributed by atoms with E-state index < -0.39 is 62.6 Å². The second-order valence-corrected chi connectivity index (χ2v) is 17.2. The molecule has 2 aromatic rings. The molecule has 1 aromatic carbocycles. The number of carbonyl (C=O) groups is 4. The number of hydrogen-bond acceptors (Lipinski definition) is 11. The third kappa shape index (κ3) is 8.82. The van der Waals surface area contributed by atoms with Crippen molar-refractivity contribution in [3.05, 3.63) is 30.5 Å². The number of methoxy groups -OCH3 is 1. The van der Waals surface area contributed by atoms with Gasteiger partial charge in [0.25, 0.3) is 0 Å². The van der Waals surface area contributed by atoms with Crippen molar-refractivity contribution in [2.45, 2.75) is 117 Å². The van der Waals surface area contributed by atoms with Gasteiger partial charge in [0.2, 0.25) is 17.7 Å². The molecule has 3 fully saturated rings. The van der Waals surface area contributed by atoms with Crippen molar-refractivity contribution >= 4 is 44.6 Å². The maximum absolute atomic E-state index is 14.5. The molecule has 0 spiro atoms. The Hall–Kier alpha value is -3.78. The van der Waals surface area contributed by atoms with Gasteiger partial charge in [-0.3, -0.25) is 19.2 Å². The zero-order chi connectivity index (χ0) is 37.5. The van der Waals surface area contributed by atoms with Crippen molar-refractivity contribution < 1.29 is 46.0 Å². The first-order valence-electron chi connectivity index (χ1n) is 17.7. The normalized spacial score (nSPS) is 24.6. The largest absolute Gasteiger partial charge is 0.497 e. The molecule has 280 valence electrons. The van der Waals surface area contributed by atoms with Crippen LogP contribution in [0, 0.1) is 22.7 Å². The van der Waals surface area contributed by atoms with Crippen molar-refractivity contribution in [2.24, 2.45) is 22.7 Å². The number of Topliss-reactive ketones (excluding diaryl/α,β-unsaturated/α-hetero) is 1. The van der Waals surface area contributed by atoms with Crippen LogP contribution in [-0.4, -0.2) is 79.4 Å². The standard InChI is InChI=1S/C37H51N3O10S/c1-9-24-19-37(24,34(44)39-51(45,46)50-36(7)13-14-36)20-30(41)29-17-26(49-32-27-11-10-25(47-8)16-23(27)12-15-38-32)21-40(29)33(43)28(35(4,5)6)18-31(42)48-22(2)3/h10-12,15-16,22,24,26,28-29H,9,13-14,17-21H2,1-8H3,(H,39,44)/t24-,26-,28-,29+,37-/m1/s1. The number of benzene rings is 1. The summed E-state index contributed by atoms with van der Waals surface area (Å²) in [5.41, 5.74) is -2.77. The summed E-state index contributed by atoms with van der Waals surface area (Å²) in [6, 6.07) is 6.30. The number of amides is 2. The Morgan fingerprint density at radius 1 is 1.12 bits per heavy atom. The number of fused-ring (bicyclic) bond motifs is 1. The monoisotopic (exact) mass is 729 g/mol. The highest BCUT2D eigenvalue weighted by Crippen LogP contribution is 2.58. The van der Waals surface area contributed by atoms with Crippen molar-refractivity contribution in [2.75, 3.05) is 13.7 Å². The highest BCUT2D eigenvalue weighted by atomic mass is 32.2. The number of hydrogen-bond donors (Lipinski definition) is 1. The predicted octanol–water partition coefficient (Wildman–Crippen LogP) is 4.90. The SMILES string of the molecule is CC[C@@H]1C[C@]1(CC(=O)[C@@H]1C[C@@H](Oc2nccc3cc(OC)ccc23)CN1C(=O)[C@@H](CC(=O)OC(C)C)C(C)(C)C)C(=O)NS(=O)(=O)OC1(C)CC1. The molecule has 51 heavy (non-hydrogen) atoms. The van der Waals surface area contributed by atoms with Crippen LogP contribution in [0.1, 0.15) is 93.4 Å². The minimum Gasteiger partial charge on any atom is -0.497 e.